The number of hydrogen-bond acceptors (Lipinski definition) is 1. The van der Waals surface area contributed by atoms with Crippen LogP contribution in [0.1, 0.15) is 51.5 Å². The summed E-state index contributed by atoms with van der Waals surface area (Å²) in [5.74, 6) is -0.175. The highest BCUT2D eigenvalue weighted by Gasteiger charge is 2.24. The number of carboxylic acids is 1. The Labute approximate surface area is 120 Å². The van der Waals surface area contributed by atoms with Gasteiger partial charge in [-0.1, -0.05) is 50.9 Å². The zero-order valence-corrected chi connectivity index (χ0v) is 12.7. The van der Waals surface area contributed by atoms with Crippen LogP contribution in [0.3, 0.4) is 0 Å². The van der Waals surface area contributed by atoms with Crippen LogP contribution in [0.25, 0.3) is 0 Å². The third-order valence-electron chi connectivity index (χ3n) is 3.50. The van der Waals surface area contributed by atoms with E-state index in [4.69, 9.17) is 11.6 Å². The van der Waals surface area contributed by atoms with Crippen molar-refractivity contribution >= 4 is 17.6 Å². The SMILES string of the molecule is CCC(CC(C)C)CC(C(=O)O)c1cccc(Cl)c1. The number of rotatable bonds is 7. The van der Waals surface area contributed by atoms with Crippen molar-refractivity contribution in [1.29, 1.82) is 0 Å². The first kappa shape index (κ1) is 16.0. The molecule has 0 aliphatic rings. The van der Waals surface area contributed by atoms with Gasteiger partial charge < -0.3 is 5.11 Å². The van der Waals surface area contributed by atoms with Gasteiger partial charge in [0.25, 0.3) is 0 Å². The monoisotopic (exact) mass is 282 g/mol. The van der Waals surface area contributed by atoms with Gasteiger partial charge in [0, 0.05) is 5.02 Å². The molecule has 0 saturated carbocycles. The van der Waals surface area contributed by atoms with Crippen LogP contribution in [0.2, 0.25) is 5.02 Å². The summed E-state index contributed by atoms with van der Waals surface area (Å²) in [6.07, 6.45) is 2.77. The van der Waals surface area contributed by atoms with Gasteiger partial charge >= 0.3 is 5.97 Å². The standard InChI is InChI=1S/C16H23ClO2/c1-4-12(8-11(2)3)9-15(16(18)19)13-6-5-7-14(17)10-13/h5-7,10-12,15H,4,8-9H2,1-3H3,(H,18,19). The highest BCUT2D eigenvalue weighted by molar-refractivity contribution is 6.30. The van der Waals surface area contributed by atoms with Crippen LogP contribution in [-0.4, -0.2) is 11.1 Å². The summed E-state index contributed by atoms with van der Waals surface area (Å²) in [5, 5.41) is 10.1. The van der Waals surface area contributed by atoms with E-state index in [0.29, 0.717) is 23.3 Å². The van der Waals surface area contributed by atoms with Gasteiger partial charge in [-0.2, -0.15) is 0 Å². The molecular formula is C16H23ClO2. The van der Waals surface area contributed by atoms with E-state index in [1.54, 1.807) is 12.1 Å². The Bertz CT molecular complexity index is 415. The van der Waals surface area contributed by atoms with Gasteiger partial charge in [-0.25, -0.2) is 0 Å². The molecule has 0 aromatic heterocycles. The molecule has 1 N–H and O–H groups in total. The molecule has 1 rings (SSSR count). The molecule has 0 radical (unpaired) electrons. The van der Waals surface area contributed by atoms with Crippen molar-refractivity contribution in [1.82, 2.24) is 0 Å². The van der Waals surface area contributed by atoms with Gasteiger partial charge in [0.05, 0.1) is 5.92 Å². The zero-order valence-electron chi connectivity index (χ0n) is 11.9. The van der Waals surface area contributed by atoms with E-state index in [0.717, 1.165) is 18.4 Å². The van der Waals surface area contributed by atoms with Crippen molar-refractivity contribution in [2.75, 3.05) is 0 Å². The number of aliphatic carboxylic acids is 1. The normalized spacial score (nSPS) is 14.4. The number of hydrogen-bond donors (Lipinski definition) is 1. The highest BCUT2D eigenvalue weighted by Crippen LogP contribution is 2.30. The van der Waals surface area contributed by atoms with Gasteiger partial charge in [0.15, 0.2) is 0 Å². The van der Waals surface area contributed by atoms with E-state index < -0.39 is 11.9 Å². The van der Waals surface area contributed by atoms with Gasteiger partial charge in [-0.05, 0) is 42.4 Å². The molecule has 0 fully saturated rings. The molecule has 2 atom stereocenters. The molecule has 3 heteroatoms. The van der Waals surface area contributed by atoms with Crippen LogP contribution in [0, 0.1) is 11.8 Å². The lowest BCUT2D eigenvalue weighted by atomic mass is 9.83. The van der Waals surface area contributed by atoms with Crippen LogP contribution in [0.5, 0.6) is 0 Å². The number of halogens is 1. The lowest BCUT2D eigenvalue weighted by Gasteiger charge is -2.22. The van der Waals surface area contributed by atoms with Crippen LogP contribution in [-0.2, 0) is 4.79 Å². The second-order valence-corrected chi connectivity index (χ2v) is 6.02. The van der Waals surface area contributed by atoms with Crippen molar-refractivity contribution in [3.05, 3.63) is 34.9 Å². The molecule has 0 aliphatic carbocycles. The van der Waals surface area contributed by atoms with E-state index in [1.165, 1.54) is 0 Å². The molecule has 0 bridgehead atoms. The molecule has 1 aromatic rings. The molecule has 0 heterocycles. The minimum Gasteiger partial charge on any atom is -0.481 e. The lowest BCUT2D eigenvalue weighted by Crippen LogP contribution is -2.17. The fourth-order valence-electron chi connectivity index (χ4n) is 2.53. The van der Waals surface area contributed by atoms with Crippen molar-refractivity contribution in [3.63, 3.8) is 0 Å². The fourth-order valence-corrected chi connectivity index (χ4v) is 2.73. The molecule has 2 unspecified atom stereocenters. The van der Waals surface area contributed by atoms with Gasteiger partial charge in [0.1, 0.15) is 0 Å². The summed E-state index contributed by atoms with van der Waals surface area (Å²) in [4.78, 5) is 11.5. The Morgan fingerprint density at radius 3 is 2.47 bits per heavy atom. The van der Waals surface area contributed by atoms with Crippen LogP contribution in [0.4, 0.5) is 0 Å². The predicted octanol–water partition coefficient (Wildman–Crippen LogP) is 4.97. The summed E-state index contributed by atoms with van der Waals surface area (Å²) in [6, 6.07) is 7.21. The van der Waals surface area contributed by atoms with Gasteiger partial charge in [0.2, 0.25) is 0 Å². The Morgan fingerprint density at radius 1 is 1.32 bits per heavy atom. The average Bonchev–Trinajstić information content (AvgIpc) is 2.33. The molecule has 106 valence electrons. The third kappa shape index (κ3) is 5.23. The van der Waals surface area contributed by atoms with Gasteiger partial charge in [-0.3, -0.25) is 4.79 Å². The third-order valence-corrected chi connectivity index (χ3v) is 3.74. The number of carboxylic acid groups (broad SMARTS) is 1. The molecule has 0 aliphatic heterocycles. The molecule has 1 aromatic carbocycles. The molecular weight excluding hydrogens is 260 g/mol. The Morgan fingerprint density at radius 2 is 2.00 bits per heavy atom. The molecule has 19 heavy (non-hydrogen) atoms. The average molecular weight is 283 g/mol. The van der Waals surface area contributed by atoms with E-state index in [2.05, 4.69) is 20.8 Å². The quantitative estimate of drug-likeness (QED) is 0.766. The van der Waals surface area contributed by atoms with E-state index in [1.807, 2.05) is 12.1 Å². The summed E-state index contributed by atoms with van der Waals surface area (Å²) in [6.45, 7) is 6.49. The summed E-state index contributed by atoms with van der Waals surface area (Å²) < 4.78 is 0. The van der Waals surface area contributed by atoms with Crippen LogP contribution >= 0.6 is 11.6 Å². The summed E-state index contributed by atoms with van der Waals surface area (Å²) >= 11 is 5.96. The molecule has 0 spiro atoms. The maximum absolute atomic E-state index is 11.5. The predicted molar refractivity (Wildman–Crippen MR) is 79.7 cm³/mol. The van der Waals surface area contributed by atoms with Crippen molar-refractivity contribution < 1.29 is 9.90 Å². The summed E-state index contributed by atoms with van der Waals surface area (Å²) in [5.41, 5.74) is 0.808. The summed E-state index contributed by atoms with van der Waals surface area (Å²) in [7, 11) is 0. The van der Waals surface area contributed by atoms with Crippen molar-refractivity contribution in [2.24, 2.45) is 11.8 Å². The van der Waals surface area contributed by atoms with Crippen LogP contribution in [0.15, 0.2) is 24.3 Å². The van der Waals surface area contributed by atoms with Crippen molar-refractivity contribution in [2.45, 2.75) is 46.0 Å². The molecule has 0 saturated heterocycles. The zero-order chi connectivity index (χ0) is 14.4. The fraction of sp³-hybridized carbons (Fsp3) is 0.562. The van der Waals surface area contributed by atoms with Crippen LogP contribution < -0.4 is 0 Å². The van der Waals surface area contributed by atoms with Crippen molar-refractivity contribution in [3.8, 4) is 0 Å². The largest absolute Gasteiger partial charge is 0.481 e. The maximum Gasteiger partial charge on any atom is 0.310 e. The highest BCUT2D eigenvalue weighted by atomic mass is 35.5. The Hall–Kier alpha value is -1.02. The number of carbonyl (C=O) groups is 1. The lowest BCUT2D eigenvalue weighted by molar-refractivity contribution is -0.139. The molecule has 0 amide bonds. The van der Waals surface area contributed by atoms with E-state index in [-0.39, 0.29) is 0 Å². The minimum absolute atomic E-state index is 0.445. The van der Waals surface area contributed by atoms with E-state index >= 15 is 0 Å². The first-order valence-electron chi connectivity index (χ1n) is 6.92. The first-order chi connectivity index (χ1) is 8.93. The first-order valence-corrected chi connectivity index (χ1v) is 7.30. The Kier molecular flexibility index (Phi) is 6.36. The topological polar surface area (TPSA) is 37.3 Å². The smallest absolute Gasteiger partial charge is 0.310 e. The maximum atomic E-state index is 11.5. The second-order valence-electron chi connectivity index (χ2n) is 5.59. The second kappa shape index (κ2) is 7.54. The van der Waals surface area contributed by atoms with Gasteiger partial charge in [-0.15, -0.1) is 0 Å². The van der Waals surface area contributed by atoms with E-state index in [9.17, 15) is 9.90 Å². The molecule has 2 nitrogen and oxygen atoms in total. The Balaban J connectivity index is 2.86. The number of benzene rings is 1. The minimum atomic E-state index is -0.760.